The highest BCUT2D eigenvalue weighted by atomic mass is 32.2. The minimum Gasteiger partial charge on any atom is -0.465 e. The van der Waals surface area contributed by atoms with Gasteiger partial charge in [-0.1, -0.05) is 25.1 Å². The molecular weight excluding hydrogens is 264 g/mol. The molecule has 0 unspecified atom stereocenters. The van der Waals surface area contributed by atoms with Gasteiger partial charge in [0.2, 0.25) is 0 Å². The van der Waals surface area contributed by atoms with Gasteiger partial charge in [0.15, 0.2) is 5.16 Å². The number of unbranched alkanes of at least 4 members (excludes halogenated alkanes) is 1. The highest BCUT2D eigenvalue weighted by Crippen LogP contribution is 2.19. The Morgan fingerprint density at radius 3 is 2.74 bits per heavy atom. The number of carbonyl (C=O) groups is 1. The molecule has 0 N–H and O–H groups in total. The Kier molecular flexibility index (Phi) is 6.08. The van der Waals surface area contributed by atoms with E-state index in [1.165, 1.54) is 13.3 Å². The second kappa shape index (κ2) is 7.33. The summed E-state index contributed by atoms with van der Waals surface area (Å²) in [5.41, 5.74) is -0.355. The number of nitrogens with zero attached hydrogens (tertiary/aromatic N) is 2. The van der Waals surface area contributed by atoms with Crippen LogP contribution in [0.15, 0.2) is 16.1 Å². The molecule has 5 nitrogen and oxygen atoms in total. The van der Waals surface area contributed by atoms with Gasteiger partial charge in [-0.3, -0.25) is 9.36 Å². The zero-order chi connectivity index (χ0) is 14.4. The Morgan fingerprint density at radius 2 is 2.21 bits per heavy atom. The SMILES string of the molecule is CCCCSc1ncc(C(=O)OC)c(=O)n1C(C)C. The van der Waals surface area contributed by atoms with E-state index in [4.69, 9.17) is 0 Å². The van der Waals surface area contributed by atoms with E-state index in [0.29, 0.717) is 5.16 Å². The van der Waals surface area contributed by atoms with Crippen LogP contribution in [0, 0.1) is 0 Å². The first-order valence-electron chi connectivity index (χ1n) is 6.35. The average Bonchev–Trinajstić information content (AvgIpc) is 2.38. The van der Waals surface area contributed by atoms with Gasteiger partial charge in [0, 0.05) is 11.8 Å². The fourth-order valence-electron chi connectivity index (χ4n) is 1.57. The van der Waals surface area contributed by atoms with E-state index in [0.717, 1.165) is 18.6 Å². The Bertz CT molecular complexity index is 497. The van der Waals surface area contributed by atoms with Gasteiger partial charge in [-0.15, -0.1) is 0 Å². The van der Waals surface area contributed by atoms with E-state index in [1.54, 1.807) is 16.3 Å². The predicted octanol–water partition coefficient (Wildman–Crippen LogP) is 2.50. The van der Waals surface area contributed by atoms with Crippen LogP contribution in [0.25, 0.3) is 0 Å². The van der Waals surface area contributed by atoms with Crippen LogP contribution in [-0.2, 0) is 4.74 Å². The molecule has 0 spiro atoms. The predicted molar refractivity (Wildman–Crippen MR) is 75.9 cm³/mol. The van der Waals surface area contributed by atoms with E-state index in [1.807, 2.05) is 13.8 Å². The lowest BCUT2D eigenvalue weighted by Gasteiger charge is -2.15. The fraction of sp³-hybridized carbons (Fsp3) is 0.615. The molecule has 106 valence electrons. The summed E-state index contributed by atoms with van der Waals surface area (Å²) in [6.07, 6.45) is 3.47. The van der Waals surface area contributed by atoms with Gasteiger partial charge in [0.25, 0.3) is 5.56 Å². The van der Waals surface area contributed by atoms with Crippen LogP contribution in [0.4, 0.5) is 0 Å². The number of ether oxygens (including phenoxy) is 1. The monoisotopic (exact) mass is 284 g/mol. The van der Waals surface area contributed by atoms with Gasteiger partial charge in [-0.05, 0) is 20.3 Å². The number of esters is 1. The molecule has 1 rings (SSSR count). The average molecular weight is 284 g/mol. The third-order valence-electron chi connectivity index (χ3n) is 2.61. The summed E-state index contributed by atoms with van der Waals surface area (Å²) in [5.74, 6) is 0.268. The molecule has 1 heterocycles. The largest absolute Gasteiger partial charge is 0.465 e. The van der Waals surface area contributed by atoms with E-state index in [9.17, 15) is 9.59 Å². The lowest BCUT2D eigenvalue weighted by molar-refractivity contribution is 0.0596. The van der Waals surface area contributed by atoms with E-state index in [2.05, 4.69) is 16.6 Å². The first kappa shape index (κ1) is 15.8. The van der Waals surface area contributed by atoms with Crippen molar-refractivity contribution in [3.63, 3.8) is 0 Å². The Labute approximate surface area is 117 Å². The number of hydrogen-bond donors (Lipinski definition) is 0. The highest BCUT2D eigenvalue weighted by molar-refractivity contribution is 7.99. The molecule has 0 saturated carbocycles. The molecule has 0 aliphatic carbocycles. The van der Waals surface area contributed by atoms with E-state index in [-0.39, 0.29) is 17.2 Å². The smallest absolute Gasteiger partial charge is 0.345 e. The summed E-state index contributed by atoms with van der Waals surface area (Å²) < 4.78 is 6.14. The summed E-state index contributed by atoms with van der Waals surface area (Å²) in [5, 5.41) is 0.654. The second-order valence-electron chi connectivity index (χ2n) is 4.42. The molecule has 6 heteroatoms. The van der Waals surface area contributed by atoms with Crippen molar-refractivity contribution in [2.45, 2.75) is 44.8 Å². The standard InChI is InChI=1S/C13H20N2O3S/c1-5-6-7-19-13-14-8-10(12(17)18-4)11(16)15(13)9(2)3/h8-9H,5-7H2,1-4H3. The summed E-state index contributed by atoms with van der Waals surface area (Å²) >= 11 is 1.54. The number of methoxy groups -OCH3 is 1. The minimum atomic E-state index is -0.642. The molecule has 0 atom stereocenters. The molecule has 1 aromatic heterocycles. The molecule has 0 aliphatic rings. The van der Waals surface area contributed by atoms with Crippen molar-refractivity contribution in [2.75, 3.05) is 12.9 Å². The first-order chi connectivity index (χ1) is 9.02. The van der Waals surface area contributed by atoms with Crippen LogP contribution < -0.4 is 5.56 Å². The molecule has 0 saturated heterocycles. The lowest BCUT2D eigenvalue weighted by Crippen LogP contribution is -2.30. The maximum atomic E-state index is 12.3. The molecule has 0 fully saturated rings. The van der Waals surface area contributed by atoms with Crippen LogP contribution in [0.1, 0.15) is 50.0 Å². The Hall–Kier alpha value is -1.30. The van der Waals surface area contributed by atoms with Crippen molar-refractivity contribution >= 4 is 17.7 Å². The summed E-state index contributed by atoms with van der Waals surface area (Å²) in [7, 11) is 1.26. The topological polar surface area (TPSA) is 61.2 Å². The molecule has 0 amide bonds. The molecular formula is C13H20N2O3S. The van der Waals surface area contributed by atoms with Crippen molar-refractivity contribution in [3.8, 4) is 0 Å². The van der Waals surface area contributed by atoms with Crippen molar-refractivity contribution in [2.24, 2.45) is 0 Å². The van der Waals surface area contributed by atoms with E-state index < -0.39 is 5.97 Å². The zero-order valence-corrected chi connectivity index (χ0v) is 12.6. The van der Waals surface area contributed by atoms with Crippen LogP contribution in [-0.4, -0.2) is 28.4 Å². The van der Waals surface area contributed by atoms with Gasteiger partial charge in [0.1, 0.15) is 5.56 Å². The number of thioether (sulfide) groups is 1. The van der Waals surface area contributed by atoms with Crippen LogP contribution >= 0.6 is 11.8 Å². The van der Waals surface area contributed by atoms with Gasteiger partial charge in [0.05, 0.1) is 13.3 Å². The maximum Gasteiger partial charge on any atom is 0.345 e. The van der Waals surface area contributed by atoms with Crippen LogP contribution in [0.5, 0.6) is 0 Å². The third kappa shape index (κ3) is 3.83. The van der Waals surface area contributed by atoms with Gasteiger partial charge >= 0.3 is 5.97 Å². The fourth-order valence-corrected chi connectivity index (χ4v) is 2.75. The third-order valence-corrected chi connectivity index (χ3v) is 3.66. The number of rotatable bonds is 6. The first-order valence-corrected chi connectivity index (χ1v) is 7.34. The van der Waals surface area contributed by atoms with E-state index >= 15 is 0 Å². The maximum absolute atomic E-state index is 12.3. The number of aromatic nitrogens is 2. The molecule has 0 aliphatic heterocycles. The Morgan fingerprint density at radius 1 is 1.53 bits per heavy atom. The van der Waals surface area contributed by atoms with Crippen molar-refractivity contribution in [1.82, 2.24) is 9.55 Å². The summed E-state index contributed by atoms with van der Waals surface area (Å²) in [6.45, 7) is 5.91. The highest BCUT2D eigenvalue weighted by Gasteiger charge is 2.18. The van der Waals surface area contributed by atoms with Crippen molar-refractivity contribution in [3.05, 3.63) is 22.1 Å². The molecule has 1 aromatic rings. The quantitative estimate of drug-likeness (QED) is 0.347. The number of hydrogen-bond acceptors (Lipinski definition) is 5. The van der Waals surface area contributed by atoms with Gasteiger partial charge in [-0.2, -0.15) is 0 Å². The Balaban J connectivity index is 3.17. The molecule has 0 aromatic carbocycles. The minimum absolute atomic E-state index is 0.0176. The number of carbonyl (C=O) groups excluding carboxylic acids is 1. The van der Waals surface area contributed by atoms with Gasteiger partial charge in [-0.25, -0.2) is 9.78 Å². The van der Waals surface area contributed by atoms with Crippen molar-refractivity contribution < 1.29 is 9.53 Å². The molecule has 19 heavy (non-hydrogen) atoms. The zero-order valence-electron chi connectivity index (χ0n) is 11.8. The second-order valence-corrected chi connectivity index (χ2v) is 5.48. The van der Waals surface area contributed by atoms with Crippen molar-refractivity contribution in [1.29, 1.82) is 0 Å². The summed E-state index contributed by atoms with van der Waals surface area (Å²) in [4.78, 5) is 28.0. The van der Waals surface area contributed by atoms with Crippen LogP contribution in [0.3, 0.4) is 0 Å². The lowest BCUT2D eigenvalue weighted by atomic mass is 10.3. The van der Waals surface area contributed by atoms with Gasteiger partial charge < -0.3 is 4.74 Å². The van der Waals surface area contributed by atoms with Crippen LogP contribution in [0.2, 0.25) is 0 Å². The molecule has 0 radical (unpaired) electrons. The summed E-state index contributed by atoms with van der Waals surface area (Å²) in [6, 6.07) is -0.0475. The normalized spacial score (nSPS) is 10.8. The molecule has 0 bridgehead atoms.